The van der Waals surface area contributed by atoms with Crippen molar-refractivity contribution in [1.82, 2.24) is 14.9 Å². The van der Waals surface area contributed by atoms with Gasteiger partial charge in [0.1, 0.15) is 0 Å². The quantitative estimate of drug-likeness (QED) is 0.535. The molecule has 0 bridgehead atoms. The summed E-state index contributed by atoms with van der Waals surface area (Å²) in [5, 5.41) is 14.4. The van der Waals surface area contributed by atoms with Crippen molar-refractivity contribution in [2.75, 3.05) is 39.3 Å². The van der Waals surface area contributed by atoms with Crippen molar-refractivity contribution in [3.05, 3.63) is 33.4 Å². The first-order chi connectivity index (χ1) is 10.8. The van der Waals surface area contributed by atoms with Gasteiger partial charge in [0.05, 0.1) is 4.92 Å². The fourth-order valence-electron chi connectivity index (χ4n) is 2.60. The molecule has 25 heavy (non-hydrogen) atoms. The van der Waals surface area contributed by atoms with Crippen LogP contribution in [0.4, 0.5) is 5.69 Å². The normalized spacial score (nSPS) is 15.1. The average molecular weight is 415 g/mol. The summed E-state index contributed by atoms with van der Waals surface area (Å²) in [4.78, 5) is 12.4. The molecule has 1 aromatic carbocycles. The molecule has 1 fully saturated rings. The highest BCUT2D eigenvalue weighted by molar-refractivity contribution is 7.89. The fraction of sp³-hybridized carbons (Fsp3) is 0.571. The lowest BCUT2D eigenvalue weighted by atomic mass is 10.1. The molecule has 1 saturated heterocycles. The minimum atomic E-state index is -3.92. The minimum Gasteiger partial charge on any atom is -0.314 e. The minimum absolute atomic E-state index is 0. The molecule has 0 radical (unpaired) electrons. The number of aryl methyl sites for hydroxylation is 1. The zero-order valence-electron chi connectivity index (χ0n) is 14.1. The van der Waals surface area contributed by atoms with Crippen LogP contribution in [0.5, 0.6) is 0 Å². The molecule has 1 aliphatic rings. The van der Waals surface area contributed by atoms with Gasteiger partial charge in [-0.2, -0.15) is 0 Å². The average Bonchev–Trinajstić information content (AvgIpc) is 2.50. The number of piperazine rings is 1. The molecule has 0 atom stereocenters. The number of benzene rings is 1. The van der Waals surface area contributed by atoms with Crippen LogP contribution in [0.2, 0.25) is 0 Å². The van der Waals surface area contributed by atoms with E-state index < -0.39 is 14.9 Å². The summed E-state index contributed by atoms with van der Waals surface area (Å²) in [5.74, 6) is 0. The van der Waals surface area contributed by atoms with E-state index >= 15 is 0 Å². The molecule has 1 aliphatic heterocycles. The van der Waals surface area contributed by atoms with Crippen molar-refractivity contribution in [3.8, 4) is 0 Å². The van der Waals surface area contributed by atoms with Crippen molar-refractivity contribution >= 4 is 40.5 Å². The van der Waals surface area contributed by atoms with Crippen molar-refractivity contribution in [2.45, 2.75) is 18.7 Å². The lowest BCUT2D eigenvalue weighted by Crippen LogP contribution is -2.46. The summed E-state index contributed by atoms with van der Waals surface area (Å²) in [7, 11) is -3.92. The first-order valence-corrected chi connectivity index (χ1v) is 8.98. The number of nitrogens with zero attached hydrogens (tertiary/aromatic N) is 2. The molecule has 1 heterocycles. The third-order valence-corrected chi connectivity index (χ3v) is 5.69. The van der Waals surface area contributed by atoms with E-state index in [2.05, 4.69) is 14.9 Å². The van der Waals surface area contributed by atoms with E-state index in [1.54, 1.807) is 19.9 Å². The van der Waals surface area contributed by atoms with Crippen molar-refractivity contribution in [1.29, 1.82) is 0 Å². The molecule has 0 aliphatic carbocycles. The van der Waals surface area contributed by atoms with Gasteiger partial charge in [0.15, 0.2) is 4.90 Å². The Morgan fingerprint density at radius 3 is 2.40 bits per heavy atom. The number of rotatable bonds is 6. The van der Waals surface area contributed by atoms with E-state index in [4.69, 9.17) is 0 Å². The second-order valence-corrected chi connectivity index (χ2v) is 7.31. The largest absolute Gasteiger partial charge is 0.314 e. The van der Waals surface area contributed by atoms with Crippen LogP contribution in [0.1, 0.15) is 11.1 Å². The maximum Gasteiger partial charge on any atom is 0.289 e. The van der Waals surface area contributed by atoms with Gasteiger partial charge in [-0.3, -0.25) is 15.0 Å². The van der Waals surface area contributed by atoms with Crippen molar-refractivity contribution in [2.24, 2.45) is 0 Å². The number of halogens is 2. The number of hydrogen-bond acceptors (Lipinski definition) is 6. The van der Waals surface area contributed by atoms with Crippen LogP contribution in [-0.2, 0) is 10.0 Å². The lowest BCUT2D eigenvalue weighted by molar-refractivity contribution is -0.387. The van der Waals surface area contributed by atoms with Gasteiger partial charge in [-0.25, -0.2) is 13.1 Å². The smallest absolute Gasteiger partial charge is 0.289 e. The third kappa shape index (κ3) is 6.05. The van der Waals surface area contributed by atoms with Crippen LogP contribution in [0, 0.1) is 24.0 Å². The van der Waals surface area contributed by atoms with E-state index in [0.717, 1.165) is 26.2 Å². The molecule has 11 heteroatoms. The predicted molar refractivity (Wildman–Crippen MR) is 102 cm³/mol. The van der Waals surface area contributed by atoms with E-state index in [1.807, 2.05) is 0 Å². The van der Waals surface area contributed by atoms with Crippen LogP contribution < -0.4 is 10.0 Å². The summed E-state index contributed by atoms with van der Waals surface area (Å²) in [6.07, 6.45) is 0. The molecule has 144 valence electrons. The highest BCUT2D eigenvalue weighted by atomic mass is 35.5. The van der Waals surface area contributed by atoms with Gasteiger partial charge in [0, 0.05) is 45.3 Å². The first-order valence-electron chi connectivity index (χ1n) is 7.50. The molecule has 0 unspecified atom stereocenters. The number of hydrogen-bond donors (Lipinski definition) is 2. The maximum atomic E-state index is 12.5. The number of nitro benzene ring substituents is 1. The van der Waals surface area contributed by atoms with Gasteiger partial charge < -0.3 is 5.32 Å². The molecule has 0 amide bonds. The molecular weight excluding hydrogens is 391 g/mol. The molecule has 2 rings (SSSR count). The van der Waals surface area contributed by atoms with Crippen LogP contribution in [0.25, 0.3) is 0 Å². The van der Waals surface area contributed by atoms with Gasteiger partial charge in [0.25, 0.3) is 5.69 Å². The zero-order valence-corrected chi connectivity index (χ0v) is 16.6. The Hall–Kier alpha value is -0.970. The highest BCUT2D eigenvalue weighted by Crippen LogP contribution is 2.29. The molecule has 1 aromatic rings. The predicted octanol–water partition coefficient (Wildman–Crippen LogP) is 1.24. The Labute approximate surface area is 160 Å². The monoisotopic (exact) mass is 414 g/mol. The molecule has 0 spiro atoms. The van der Waals surface area contributed by atoms with E-state index in [0.29, 0.717) is 17.7 Å². The van der Waals surface area contributed by atoms with Gasteiger partial charge in [-0.1, -0.05) is 6.07 Å². The summed E-state index contributed by atoms with van der Waals surface area (Å²) in [6.45, 7) is 7.64. The number of sulfonamides is 1. The molecule has 0 aromatic heterocycles. The SMILES string of the molecule is Cc1ccc([N+](=O)[O-])c(S(=O)(=O)NCCN2CCNCC2)c1C.Cl.Cl. The first kappa shape index (κ1) is 24.0. The highest BCUT2D eigenvalue weighted by Gasteiger charge is 2.28. The maximum absolute atomic E-state index is 12.5. The number of nitro groups is 1. The topological polar surface area (TPSA) is 105 Å². The Morgan fingerprint density at radius 1 is 1.24 bits per heavy atom. The Bertz CT molecular complexity index is 694. The number of nitrogens with one attached hydrogen (secondary N) is 2. The van der Waals surface area contributed by atoms with Gasteiger partial charge >= 0.3 is 0 Å². The summed E-state index contributed by atoms with van der Waals surface area (Å²) >= 11 is 0. The lowest BCUT2D eigenvalue weighted by Gasteiger charge is -2.27. The van der Waals surface area contributed by atoms with E-state index in [1.165, 1.54) is 6.07 Å². The Kier molecular flexibility index (Phi) is 9.85. The molecule has 0 saturated carbocycles. The van der Waals surface area contributed by atoms with Crippen molar-refractivity contribution < 1.29 is 13.3 Å². The van der Waals surface area contributed by atoms with Gasteiger partial charge in [0.2, 0.25) is 10.0 Å². The second-order valence-electron chi connectivity index (χ2n) is 5.60. The Balaban J connectivity index is 0.00000288. The standard InChI is InChI=1S/C14H22N4O4S.2ClH/c1-11-3-4-13(18(19)20)14(12(11)2)23(21,22)16-7-10-17-8-5-15-6-9-17;;/h3-4,15-16H,5-10H2,1-2H3;2*1H. The van der Waals surface area contributed by atoms with Crippen LogP contribution in [-0.4, -0.2) is 57.5 Å². The Morgan fingerprint density at radius 2 is 1.84 bits per heavy atom. The van der Waals surface area contributed by atoms with E-state index in [-0.39, 0.29) is 41.9 Å². The van der Waals surface area contributed by atoms with Gasteiger partial charge in [-0.15, -0.1) is 24.8 Å². The molecule has 8 nitrogen and oxygen atoms in total. The van der Waals surface area contributed by atoms with Gasteiger partial charge in [-0.05, 0) is 25.0 Å². The van der Waals surface area contributed by atoms with Crippen molar-refractivity contribution in [3.63, 3.8) is 0 Å². The summed E-state index contributed by atoms with van der Waals surface area (Å²) in [5.41, 5.74) is 0.731. The third-order valence-electron chi connectivity index (χ3n) is 4.05. The molecule has 2 N–H and O–H groups in total. The van der Waals surface area contributed by atoms with Crippen LogP contribution in [0.15, 0.2) is 17.0 Å². The zero-order chi connectivity index (χ0) is 17.0. The summed E-state index contributed by atoms with van der Waals surface area (Å²) in [6, 6.07) is 2.81. The van der Waals surface area contributed by atoms with Crippen LogP contribution in [0.3, 0.4) is 0 Å². The second kappa shape index (κ2) is 10.2. The fourth-order valence-corrected chi connectivity index (χ4v) is 4.09. The van der Waals surface area contributed by atoms with Crippen LogP contribution >= 0.6 is 24.8 Å². The summed E-state index contributed by atoms with van der Waals surface area (Å²) < 4.78 is 27.5. The molecular formula is C14H24Cl2N4O4S. The van der Waals surface area contributed by atoms with E-state index in [9.17, 15) is 18.5 Å².